The third-order valence-corrected chi connectivity index (χ3v) is 2.41. The van der Waals surface area contributed by atoms with Crippen molar-refractivity contribution in [2.45, 2.75) is 52.4 Å². The first-order valence-corrected chi connectivity index (χ1v) is 6.38. The van der Waals surface area contributed by atoms with Crippen molar-refractivity contribution in [3.63, 3.8) is 0 Å². The average Bonchev–Trinajstić information content (AvgIpc) is 2.12. The molecule has 2 unspecified atom stereocenters. The highest BCUT2D eigenvalue weighted by atomic mass is 16.5. The number of nitrogens with two attached hydrogens (primary N) is 1. The van der Waals surface area contributed by atoms with E-state index in [1.807, 2.05) is 39.0 Å². The first-order valence-electron chi connectivity index (χ1n) is 6.38. The fourth-order valence-corrected chi connectivity index (χ4v) is 1.90. The summed E-state index contributed by atoms with van der Waals surface area (Å²) < 4.78 is 5.63. The number of benzene rings is 1. The molecule has 0 heterocycles. The van der Waals surface area contributed by atoms with Gasteiger partial charge in [0.2, 0.25) is 0 Å². The summed E-state index contributed by atoms with van der Waals surface area (Å²) in [6.07, 6.45) is 0.490. The van der Waals surface area contributed by atoms with Gasteiger partial charge >= 0.3 is 0 Å². The third-order valence-electron chi connectivity index (χ3n) is 2.41. The van der Waals surface area contributed by atoms with E-state index in [2.05, 4.69) is 5.32 Å². The number of nitrogens with one attached hydrogen (secondary N) is 1. The summed E-state index contributed by atoms with van der Waals surface area (Å²) in [5.41, 5.74) is 7.42. The van der Waals surface area contributed by atoms with Gasteiger partial charge in [0.05, 0.1) is 12.2 Å². The Labute approximate surface area is 109 Å². The molecule has 0 fully saturated rings. The SMILES string of the molecule is CC(O)CC(C)Nc1cc(N)cc(OC(C)C)c1. The normalized spacial score (nSPS) is 14.3. The minimum absolute atomic E-state index is 0.120. The van der Waals surface area contributed by atoms with E-state index in [1.54, 1.807) is 6.92 Å². The van der Waals surface area contributed by atoms with Gasteiger partial charge in [0.1, 0.15) is 5.75 Å². The molecule has 0 aliphatic carbocycles. The lowest BCUT2D eigenvalue weighted by atomic mass is 10.1. The van der Waals surface area contributed by atoms with Crippen LogP contribution in [0, 0.1) is 0 Å². The Bertz CT molecular complexity index is 378. The van der Waals surface area contributed by atoms with Crippen LogP contribution in [0.25, 0.3) is 0 Å². The Kier molecular flexibility index (Phi) is 5.28. The predicted molar refractivity (Wildman–Crippen MR) is 76.0 cm³/mol. The van der Waals surface area contributed by atoms with E-state index in [0.29, 0.717) is 12.1 Å². The molecule has 1 aromatic carbocycles. The van der Waals surface area contributed by atoms with Crippen molar-refractivity contribution < 1.29 is 9.84 Å². The van der Waals surface area contributed by atoms with E-state index in [-0.39, 0.29) is 18.2 Å². The average molecular weight is 252 g/mol. The molecule has 1 rings (SSSR count). The second-order valence-corrected chi connectivity index (χ2v) is 5.09. The summed E-state index contributed by atoms with van der Waals surface area (Å²) >= 11 is 0. The van der Waals surface area contributed by atoms with Gasteiger partial charge in [-0.25, -0.2) is 0 Å². The number of anilines is 2. The van der Waals surface area contributed by atoms with E-state index in [0.717, 1.165) is 11.4 Å². The number of aliphatic hydroxyl groups excluding tert-OH is 1. The highest BCUT2D eigenvalue weighted by molar-refractivity contribution is 5.59. The molecule has 2 atom stereocenters. The van der Waals surface area contributed by atoms with Crippen molar-refractivity contribution in [1.29, 1.82) is 0 Å². The lowest BCUT2D eigenvalue weighted by molar-refractivity contribution is 0.179. The van der Waals surface area contributed by atoms with Crippen LogP contribution in [0.1, 0.15) is 34.1 Å². The maximum atomic E-state index is 9.34. The Balaban J connectivity index is 2.73. The Morgan fingerprint density at radius 1 is 1.22 bits per heavy atom. The summed E-state index contributed by atoms with van der Waals surface area (Å²) in [5, 5.41) is 12.6. The molecule has 0 bridgehead atoms. The monoisotopic (exact) mass is 252 g/mol. The largest absolute Gasteiger partial charge is 0.491 e. The zero-order valence-corrected chi connectivity index (χ0v) is 11.6. The molecule has 0 radical (unpaired) electrons. The molecule has 0 saturated carbocycles. The van der Waals surface area contributed by atoms with Crippen molar-refractivity contribution in [2.24, 2.45) is 0 Å². The van der Waals surface area contributed by atoms with E-state index in [9.17, 15) is 5.11 Å². The highest BCUT2D eigenvalue weighted by Gasteiger charge is 2.08. The molecule has 0 saturated heterocycles. The Morgan fingerprint density at radius 2 is 1.89 bits per heavy atom. The molecule has 102 valence electrons. The zero-order valence-electron chi connectivity index (χ0n) is 11.6. The summed E-state index contributed by atoms with van der Waals surface area (Å²) in [6.45, 7) is 7.77. The van der Waals surface area contributed by atoms with Gasteiger partial charge in [0.25, 0.3) is 0 Å². The van der Waals surface area contributed by atoms with Crippen LogP contribution in [0.15, 0.2) is 18.2 Å². The van der Waals surface area contributed by atoms with Gasteiger partial charge < -0.3 is 20.9 Å². The third kappa shape index (κ3) is 5.27. The van der Waals surface area contributed by atoms with E-state index >= 15 is 0 Å². The molecular formula is C14H24N2O2. The van der Waals surface area contributed by atoms with Gasteiger partial charge in [-0.05, 0) is 40.2 Å². The number of hydrogen-bond acceptors (Lipinski definition) is 4. The molecular weight excluding hydrogens is 228 g/mol. The van der Waals surface area contributed by atoms with Crippen LogP contribution in [0.3, 0.4) is 0 Å². The molecule has 0 amide bonds. The van der Waals surface area contributed by atoms with E-state index in [4.69, 9.17) is 10.5 Å². The van der Waals surface area contributed by atoms with Crippen LogP contribution in [-0.2, 0) is 0 Å². The molecule has 1 aromatic rings. The lowest BCUT2D eigenvalue weighted by Gasteiger charge is -2.18. The minimum Gasteiger partial charge on any atom is -0.491 e. The van der Waals surface area contributed by atoms with Gasteiger partial charge in [-0.3, -0.25) is 0 Å². The molecule has 0 aliphatic rings. The molecule has 0 aliphatic heterocycles. The summed E-state index contributed by atoms with van der Waals surface area (Å²) in [5.74, 6) is 0.761. The van der Waals surface area contributed by atoms with Crippen molar-refractivity contribution >= 4 is 11.4 Å². The fourth-order valence-electron chi connectivity index (χ4n) is 1.90. The van der Waals surface area contributed by atoms with Crippen molar-refractivity contribution in [1.82, 2.24) is 0 Å². The number of aliphatic hydroxyl groups is 1. The quantitative estimate of drug-likeness (QED) is 0.681. The number of nitrogen functional groups attached to an aromatic ring is 1. The van der Waals surface area contributed by atoms with Crippen LogP contribution < -0.4 is 15.8 Å². The first kappa shape index (κ1) is 14.6. The molecule has 0 spiro atoms. The molecule has 4 heteroatoms. The summed E-state index contributed by atoms with van der Waals surface area (Å²) in [6, 6.07) is 5.78. The molecule has 0 aromatic heterocycles. The zero-order chi connectivity index (χ0) is 13.7. The Morgan fingerprint density at radius 3 is 2.44 bits per heavy atom. The van der Waals surface area contributed by atoms with Crippen molar-refractivity contribution in [3.8, 4) is 5.75 Å². The van der Waals surface area contributed by atoms with Gasteiger partial charge in [-0.15, -0.1) is 0 Å². The number of hydrogen-bond donors (Lipinski definition) is 3. The topological polar surface area (TPSA) is 67.5 Å². The molecule has 18 heavy (non-hydrogen) atoms. The highest BCUT2D eigenvalue weighted by Crippen LogP contribution is 2.24. The lowest BCUT2D eigenvalue weighted by Crippen LogP contribution is -2.20. The molecule has 4 nitrogen and oxygen atoms in total. The van der Waals surface area contributed by atoms with Gasteiger partial charge in [0, 0.05) is 29.5 Å². The second-order valence-electron chi connectivity index (χ2n) is 5.09. The second kappa shape index (κ2) is 6.50. The smallest absolute Gasteiger partial charge is 0.123 e. The van der Waals surface area contributed by atoms with Gasteiger partial charge in [0.15, 0.2) is 0 Å². The number of rotatable bonds is 6. The van der Waals surface area contributed by atoms with Crippen LogP contribution in [0.2, 0.25) is 0 Å². The van der Waals surface area contributed by atoms with Crippen LogP contribution >= 0.6 is 0 Å². The standard InChI is InChI=1S/C14H24N2O2/c1-9(2)18-14-7-12(15)6-13(8-14)16-10(3)5-11(4)17/h6-11,16-17H,5,15H2,1-4H3. The van der Waals surface area contributed by atoms with Gasteiger partial charge in [-0.1, -0.05) is 0 Å². The van der Waals surface area contributed by atoms with E-state index in [1.165, 1.54) is 0 Å². The summed E-state index contributed by atoms with van der Waals surface area (Å²) in [4.78, 5) is 0. The minimum atomic E-state index is -0.319. The Hall–Kier alpha value is -1.42. The maximum absolute atomic E-state index is 9.34. The van der Waals surface area contributed by atoms with Crippen LogP contribution in [0.5, 0.6) is 5.75 Å². The summed E-state index contributed by atoms with van der Waals surface area (Å²) in [7, 11) is 0. The maximum Gasteiger partial charge on any atom is 0.123 e. The van der Waals surface area contributed by atoms with Crippen molar-refractivity contribution in [3.05, 3.63) is 18.2 Å². The fraction of sp³-hybridized carbons (Fsp3) is 0.571. The first-order chi connectivity index (χ1) is 8.36. The van der Waals surface area contributed by atoms with Crippen LogP contribution in [0.4, 0.5) is 11.4 Å². The molecule has 4 N–H and O–H groups in total. The number of ether oxygens (including phenoxy) is 1. The predicted octanol–water partition coefficient (Wildman–Crippen LogP) is 2.63. The van der Waals surface area contributed by atoms with Crippen molar-refractivity contribution in [2.75, 3.05) is 11.1 Å². The van der Waals surface area contributed by atoms with Crippen LogP contribution in [-0.4, -0.2) is 23.4 Å². The van der Waals surface area contributed by atoms with E-state index < -0.39 is 0 Å². The van der Waals surface area contributed by atoms with Gasteiger partial charge in [-0.2, -0.15) is 0 Å².